The number of hydrogen-bond donors (Lipinski definition) is 0. The first-order valence-corrected chi connectivity index (χ1v) is 7.21. The number of carbonyl (C=O) groups excluding carboxylic acids is 1. The van der Waals surface area contributed by atoms with Crippen molar-refractivity contribution in [2.24, 2.45) is 0 Å². The summed E-state index contributed by atoms with van der Waals surface area (Å²) in [6.45, 7) is 1.71. The summed E-state index contributed by atoms with van der Waals surface area (Å²) in [6, 6.07) is 12.6. The van der Waals surface area contributed by atoms with Gasteiger partial charge in [-0.1, -0.05) is 23.7 Å². The van der Waals surface area contributed by atoms with Crippen LogP contribution in [0, 0.1) is 11.3 Å². The van der Waals surface area contributed by atoms with Crippen LogP contribution in [0.5, 0.6) is 5.75 Å². The third kappa shape index (κ3) is 3.60. The van der Waals surface area contributed by atoms with Crippen LogP contribution < -0.4 is 4.74 Å². The standard InChI is InChI=1S/C15H12ClNO2S/c1-10(15(18)13-6-7-14(16)20-13)19-12-4-2-11(3-5-12)8-9-17/h2-7,10H,8H2,1H3. The number of Topliss-reactive ketones (excluding diaryl/α,β-unsaturated/α-hetero) is 1. The van der Waals surface area contributed by atoms with Gasteiger partial charge in [-0.15, -0.1) is 11.3 Å². The molecule has 1 atom stereocenters. The second-order valence-electron chi connectivity index (χ2n) is 4.21. The Balaban J connectivity index is 2.02. The lowest BCUT2D eigenvalue weighted by molar-refractivity contribution is 0.0822. The molecular formula is C15H12ClNO2S. The van der Waals surface area contributed by atoms with E-state index < -0.39 is 6.10 Å². The van der Waals surface area contributed by atoms with Gasteiger partial charge in [-0.2, -0.15) is 5.26 Å². The summed E-state index contributed by atoms with van der Waals surface area (Å²) in [6.07, 6.45) is -0.214. The summed E-state index contributed by atoms with van der Waals surface area (Å²) >= 11 is 7.06. The maximum Gasteiger partial charge on any atom is 0.212 e. The number of hydrogen-bond acceptors (Lipinski definition) is 4. The van der Waals surface area contributed by atoms with E-state index >= 15 is 0 Å². The highest BCUT2D eigenvalue weighted by atomic mass is 35.5. The van der Waals surface area contributed by atoms with Gasteiger partial charge in [0.1, 0.15) is 5.75 Å². The molecule has 0 amide bonds. The van der Waals surface area contributed by atoms with Crippen molar-refractivity contribution in [3.8, 4) is 11.8 Å². The maximum absolute atomic E-state index is 12.1. The Labute approximate surface area is 126 Å². The third-order valence-electron chi connectivity index (χ3n) is 2.70. The van der Waals surface area contributed by atoms with Crippen LogP contribution in [-0.2, 0) is 6.42 Å². The van der Waals surface area contributed by atoms with Gasteiger partial charge in [-0.05, 0) is 36.8 Å². The van der Waals surface area contributed by atoms with Crippen molar-refractivity contribution in [1.29, 1.82) is 5.26 Å². The van der Waals surface area contributed by atoms with Crippen LogP contribution in [-0.4, -0.2) is 11.9 Å². The van der Waals surface area contributed by atoms with Crippen LogP contribution in [0.2, 0.25) is 4.34 Å². The van der Waals surface area contributed by atoms with Crippen LogP contribution in [0.25, 0.3) is 0 Å². The topological polar surface area (TPSA) is 50.1 Å². The van der Waals surface area contributed by atoms with Gasteiger partial charge in [0, 0.05) is 0 Å². The van der Waals surface area contributed by atoms with Crippen molar-refractivity contribution in [1.82, 2.24) is 0 Å². The van der Waals surface area contributed by atoms with E-state index in [9.17, 15) is 4.79 Å². The van der Waals surface area contributed by atoms with Crippen LogP contribution in [0.15, 0.2) is 36.4 Å². The van der Waals surface area contributed by atoms with Gasteiger partial charge in [-0.25, -0.2) is 0 Å². The number of benzene rings is 1. The van der Waals surface area contributed by atoms with Gasteiger partial charge in [0.15, 0.2) is 6.10 Å². The molecule has 2 aromatic rings. The lowest BCUT2D eigenvalue weighted by atomic mass is 10.1. The molecule has 3 nitrogen and oxygen atoms in total. The van der Waals surface area contributed by atoms with E-state index in [1.165, 1.54) is 11.3 Å². The van der Waals surface area contributed by atoms with Crippen molar-refractivity contribution in [2.45, 2.75) is 19.4 Å². The molecule has 0 saturated heterocycles. The third-order valence-corrected chi connectivity index (χ3v) is 3.95. The van der Waals surface area contributed by atoms with Crippen LogP contribution in [0.3, 0.4) is 0 Å². The normalized spacial score (nSPS) is 11.7. The number of halogens is 1. The number of ketones is 1. The molecule has 0 saturated carbocycles. The van der Waals surface area contributed by atoms with Gasteiger partial charge < -0.3 is 4.74 Å². The Morgan fingerprint density at radius 2 is 2.05 bits per heavy atom. The van der Waals surface area contributed by atoms with Gasteiger partial charge in [0.2, 0.25) is 5.78 Å². The van der Waals surface area contributed by atoms with Crippen molar-refractivity contribution < 1.29 is 9.53 Å². The number of carbonyl (C=O) groups is 1. The van der Waals surface area contributed by atoms with E-state index in [0.29, 0.717) is 21.4 Å². The first-order chi connectivity index (χ1) is 9.60. The fraction of sp³-hybridized carbons (Fsp3) is 0.200. The molecule has 1 aromatic carbocycles. The van der Waals surface area contributed by atoms with E-state index in [4.69, 9.17) is 21.6 Å². The Bertz CT molecular complexity index is 643. The zero-order valence-corrected chi connectivity index (χ0v) is 12.4. The summed E-state index contributed by atoms with van der Waals surface area (Å²) in [4.78, 5) is 12.7. The second kappa shape index (κ2) is 6.56. The molecule has 102 valence electrons. The van der Waals surface area contributed by atoms with Crippen LogP contribution >= 0.6 is 22.9 Å². The number of nitrogens with zero attached hydrogens (tertiary/aromatic N) is 1. The summed E-state index contributed by atoms with van der Waals surface area (Å²) in [5, 5.41) is 8.60. The molecule has 0 aliphatic carbocycles. The fourth-order valence-electron chi connectivity index (χ4n) is 1.68. The molecule has 2 rings (SSSR count). The summed E-state index contributed by atoms with van der Waals surface area (Å²) < 4.78 is 6.19. The van der Waals surface area contributed by atoms with Gasteiger partial charge >= 0.3 is 0 Å². The minimum Gasteiger partial charge on any atom is -0.483 e. The van der Waals surface area contributed by atoms with Crippen LogP contribution in [0.1, 0.15) is 22.2 Å². The van der Waals surface area contributed by atoms with Crippen molar-refractivity contribution in [2.75, 3.05) is 0 Å². The summed E-state index contributed by atoms with van der Waals surface area (Å²) in [5.74, 6) is 0.512. The SMILES string of the molecule is CC(Oc1ccc(CC#N)cc1)C(=O)c1ccc(Cl)s1. The molecule has 20 heavy (non-hydrogen) atoms. The molecule has 0 aliphatic heterocycles. The molecule has 0 fully saturated rings. The fourth-order valence-corrected chi connectivity index (χ4v) is 2.74. The molecular weight excluding hydrogens is 294 g/mol. The minimum absolute atomic E-state index is 0.0944. The zero-order chi connectivity index (χ0) is 14.5. The highest BCUT2D eigenvalue weighted by molar-refractivity contribution is 7.18. The molecule has 5 heteroatoms. The minimum atomic E-state index is -0.577. The second-order valence-corrected chi connectivity index (χ2v) is 5.92. The van der Waals surface area contributed by atoms with E-state index in [1.807, 2.05) is 12.1 Å². The Kier molecular flexibility index (Phi) is 4.78. The van der Waals surface area contributed by atoms with E-state index in [-0.39, 0.29) is 5.78 Å². The van der Waals surface area contributed by atoms with Crippen molar-refractivity contribution in [3.05, 3.63) is 51.2 Å². The monoisotopic (exact) mass is 305 g/mol. The predicted octanol–water partition coefficient (Wildman–Crippen LogP) is 4.12. The highest BCUT2D eigenvalue weighted by Gasteiger charge is 2.18. The molecule has 1 heterocycles. The summed E-state index contributed by atoms with van der Waals surface area (Å²) in [5.41, 5.74) is 0.920. The first-order valence-electron chi connectivity index (χ1n) is 6.02. The number of nitriles is 1. The predicted molar refractivity (Wildman–Crippen MR) is 79.5 cm³/mol. The molecule has 0 aliphatic rings. The first kappa shape index (κ1) is 14.6. The van der Waals surface area contributed by atoms with Crippen LogP contribution in [0.4, 0.5) is 0 Å². The quantitative estimate of drug-likeness (QED) is 0.781. The zero-order valence-electron chi connectivity index (χ0n) is 10.8. The highest BCUT2D eigenvalue weighted by Crippen LogP contribution is 2.24. The van der Waals surface area contributed by atoms with E-state index in [2.05, 4.69) is 6.07 Å². The largest absolute Gasteiger partial charge is 0.483 e. The molecule has 1 aromatic heterocycles. The van der Waals surface area contributed by atoms with Gasteiger partial charge in [0.25, 0.3) is 0 Å². The number of rotatable bonds is 5. The van der Waals surface area contributed by atoms with E-state index in [1.54, 1.807) is 31.2 Å². The lowest BCUT2D eigenvalue weighted by Gasteiger charge is -2.12. The maximum atomic E-state index is 12.1. The summed E-state index contributed by atoms with van der Waals surface area (Å²) in [7, 11) is 0. The van der Waals surface area contributed by atoms with E-state index in [0.717, 1.165) is 5.56 Å². The average Bonchev–Trinajstić information content (AvgIpc) is 2.87. The lowest BCUT2D eigenvalue weighted by Crippen LogP contribution is -2.23. The molecule has 0 spiro atoms. The molecule has 1 unspecified atom stereocenters. The molecule has 0 radical (unpaired) electrons. The number of thiophene rings is 1. The Hall–Kier alpha value is -1.83. The smallest absolute Gasteiger partial charge is 0.212 e. The Morgan fingerprint density at radius 1 is 1.35 bits per heavy atom. The molecule has 0 N–H and O–H groups in total. The average molecular weight is 306 g/mol. The Morgan fingerprint density at radius 3 is 2.60 bits per heavy atom. The van der Waals surface area contributed by atoms with Gasteiger partial charge in [0.05, 0.1) is 21.7 Å². The van der Waals surface area contributed by atoms with Gasteiger partial charge in [-0.3, -0.25) is 4.79 Å². The number of ether oxygens (including phenoxy) is 1. The van der Waals surface area contributed by atoms with Crippen molar-refractivity contribution >= 4 is 28.7 Å². The van der Waals surface area contributed by atoms with Crippen molar-refractivity contribution in [3.63, 3.8) is 0 Å². The molecule has 0 bridgehead atoms.